The van der Waals surface area contributed by atoms with Gasteiger partial charge in [0.1, 0.15) is 17.4 Å². The van der Waals surface area contributed by atoms with Crippen LogP contribution in [0.4, 0.5) is 4.79 Å². The largest absolute Gasteiger partial charge is 0.508 e. The molecule has 5 rings (SSSR count). The molecule has 48 heavy (non-hydrogen) atoms. The summed E-state index contributed by atoms with van der Waals surface area (Å²) in [7, 11) is 0. The lowest BCUT2D eigenvalue weighted by atomic mass is 9.59. The smallest absolute Gasteiger partial charge is 0.407 e. The van der Waals surface area contributed by atoms with Crippen molar-refractivity contribution in [3.05, 3.63) is 65.2 Å². The van der Waals surface area contributed by atoms with E-state index in [2.05, 4.69) is 54.6 Å². The van der Waals surface area contributed by atoms with Crippen molar-refractivity contribution in [2.45, 2.75) is 109 Å². The number of carbonyl (C=O) groups excluding carboxylic acids is 3. The minimum Gasteiger partial charge on any atom is -0.508 e. The first-order valence-electron chi connectivity index (χ1n) is 17.8. The lowest BCUT2D eigenvalue weighted by Gasteiger charge is -2.55. The average Bonchev–Trinajstić information content (AvgIpc) is 3.74. The molecule has 1 saturated heterocycles. The lowest BCUT2D eigenvalue weighted by molar-refractivity contribution is -0.131. The van der Waals surface area contributed by atoms with Gasteiger partial charge in [-0.15, -0.1) is 0 Å². The van der Waals surface area contributed by atoms with Crippen LogP contribution in [-0.2, 0) is 31.6 Å². The summed E-state index contributed by atoms with van der Waals surface area (Å²) in [6.45, 7) is 16.8. The van der Waals surface area contributed by atoms with Crippen LogP contribution in [0.25, 0.3) is 0 Å². The van der Waals surface area contributed by atoms with Crippen molar-refractivity contribution in [3.8, 4) is 5.75 Å². The molecule has 2 aromatic carbocycles. The van der Waals surface area contributed by atoms with Gasteiger partial charge in [-0.3, -0.25) is 14.5 Å². The van der Waals surface area contributed by atoms with Crippen LogP contribution < -0.4 is 16.0 Å². The van der Waals surface area contributed by atoms with E-state index in [4.69, 9.17) is 4.74 Å². The van der Waals surface area contributed by atoms with Crippen LogP contribution >= 0.6 is 0 Å². The van der Waals surface area contributed by atoms with Gasteiger partial charge in [-0.2, -0.15) is 0 Å². The predicted molar refractivity (Wildman–Crippen MR) is 188 cm³/mol. The Morgan fingerprint density at radius 3 is 2.46 bits per heavy atom. The van der Waals surface area contributed by atoms with Gasteiger partial charge in [-0.05, 0) is 111 Å². The predicted octanol–water partition coefficient (Wildman–Crippen LogP) is 5.44. The minimum absolute atomic E-state index is 0.00809. The maximum absolute atomic E-state index is 14.4. The van der Waals surface area contributed by atoms with Crippen LogP contribution in [0.1, 0.15) is 90.8 Å². The molecule has 0 radical (unpaired) electrons. The molecule has 0 spiro atoms. The number of nitrogens with zero attached hydrogens (tertiary/aromatic N) is 1. The number of rotatable bonds is 12. The fourth-order valence-corrected chi connectivity index (χ4v) is 8.17. The van der Waals surface area contributed by atoms with Crippen LogP contribution in [0.3, 0.4) is 0 Å². The van der Waals surface area contributed by atoms with E-state index in [9.17, 15) is 19.5 Å². The quantitative estimate of drug-likeness (QED) is 0.225. The summed E-state index contributed by atoms with van der Waals surface area (Å²) in [5.41, 5.74) is 2.35. The highest BCUT2D eigenvalue weighted by atomic mass is 16.6. The molecule has 4 N–H and O–H groups in total. The summed E-state index contributed by atoms with van der Waals surface area (Å²) in [6, 6.07) is 15.6. The molecule has 1 aliphatic heterocycles. The Balaban J connectivity index is 1.25. The topological polar surface area (TPSA) is 120 Å². The monoisotopic (exact) mass is 660 g/mol. The van der Waals surface area contributed by atoms with E-state index in [1.807, 2.05) is 57.2 Å². The van der Waals surface area contributed by atoms with Crippen molar-refractivity contribution in [3.63, 3.8) is 0 Å². The fourth-order valence-electron chi connectivity index (χ4n) is 8.17. The fraction of sp³-hybridized carbons (Fsp3) is 0.615. The number of ether oxygens (including phenoxy) is 1. The van der Waals surface area contributed by atoms with Gasteiger partial charge in [0.25, 0.3) is 0 Å². The normalized spacial score (nSPS) is 27.0. The second-order valence-corrected chi connectivity index (χ2v) is 16.0. The molecule has 1 heterocycles. The van der Waals surface area contributed by atoms with E-state index in [0.717, 1.165) is 37.9 Å². The highest BCUT2D eigenvalue weighted by molar-refractivity contribution is 5.95. The Bertz CT molecular complexity index is 1470. The van der Waals surface area contributed by atoms with Gasteiger partial charge in [0.05, 0.1) is 5.41 Å². The number of phenols is 1. The number of piperidine rings is 1. The molecule has 262 valence electrons. The Hall–Kier alpha value is -3.59. The molecule has 1 saturated carbocycles. The lowest BCUT2D eigenvalue weighted by Crippen LogP contribution is -2.58. The number of aromatic hydroxyl groups is 1. The molecular weight excluding hydrogens is 604 g/mol. The van der Waals surface area contributed by atoms with Crippen LogP contribution in [0.15, 0.2) is 48.5 Å². The summed E-state index contributed by atoms with van der Waals surface area (Å²) < 4.78 is 5.27. The maximum Gasteiger partial charge on any atom is 0.407 e. The number of amides is 3. The first-order valence-corrected chi connectivity index (χ1v) is 17.8. The van der Waals surface area contributed by atoms with Gasteiger partial charge in [0, 0.05) is 25.7 Å². The number of alkyl carbamates (subject to hydrolysis) is 1. The van der Waals surface area contributed by atoms with Crippen LogP contribution in [0, 0.1) is 17.8 Å². The van der Waals surface area contributed by atoms with E-state index in [1.165, 1.54) is 11.1 Å². The summed E-state index contributed by atoms with van der Waals surface area (Å²) in [5.74, 6) is 0.811. The second-order valence-electron chi connectivity index (χ2n) is 16.0. The minimum atomic E-state index is -0.684. The summed E-state index contributed by atoms with van der Waals surface area (Å²) >= 11 is 0. The van der Waals surface area contributed by atoms with Crippen molar-refractivity contribution in [1.29, 1.82) is 0 Å². The molecule has 2 aliphatic carbocycles. The molecule has 2 bridgehead atoms. The highest BCUT2D eigenvalue weighted by Crippen LogP contribution is 2.57. The second kappa shape index (κ2) is 14.1. The number of fused-ring (bicyclic) bond motifs is 4. The van der Waals surface area contributed by atoms with Crippen molar-refractivity contribution >= 4 is 17.9 Å². The first kappa shape index (κ1) is 35.7. The Labute approximate surface area is 286 Å². The van der Waals surface area contributed by atoms with E-state index in [-0.39, 0.29) is 29.1 Å². The number of hydrogen-bond acceptors (Lipinski definition) is 6. The summed E-state index contributed by atoms with van der Waals surface area (Å²) in [5, 5.41) is 19.1. The van der Waals surface area contributed by atoms with E-state index < -0.39 is 23.2 Å². The van der Waals surface area contributed by atoms with Gasteiger partial charge in [0.15, 0.2) is 0 Å². The molecule has 0 unspecified atom stereocenters. The molecule has 6 atom stereocenters. The number of phenolic OH excluding ortho intramolecular Hbond substituents is 1. The Morgan fingerprint density at radius 2 is 1.77 bits per heavy atom. The molecule has 3 amide bonds. The van der Waals surface area contributed by atoms with Crippen molar-refractivity contribution in [1.82, 2.24) is 20.9 Å². The molecule has 2 aromatic rings. The molecule has 9 heteroatoms. The van der Waals surface area contributed by atoms with Crippen LogP contribution in [0.5, 0.6) is 5.75 Å². The maximum atomic E-state index is 14.4. The zero-order valence-electron chi connectivity index (χ0n) is 29.9. The summed E-state index contributed by atoms with van der Waals surface area (Å²) in [6.07, 6.45) is 3.28. The Morgan fingerprint density at radius 1 is 1.06 bits per heavy atom. The van der Waals surface area contributed by atoms with Crippen LogP contribution in [-0.4, -0.2) is 71.8 Å². The third kappa shape index (κ3) is 7.66. The van der Waals surface area contributed by atoms with Crippen molar-refractivity contribution in [2.24, 2.45) is 17.8 Å². The standard InChI is InChI=1S/C39H56N4O5/c1-25(2)20-32(34(45)40-17-11-18-41-36(47)48-37(4,5)6)42-35(46)39(28-12-9-8-10-13-28)23-29(39)24-43-19-16-38(7)26(3)33(43)21-27-14-15-30(44)22-31(27)38/h8-10,12-15,22,25-26,29,32-33,44H,11,16-21,23-24H2,1-7H3,(H,40,45)(H,41,47)(H,42,46)/t26-,29-,32+,33-,38-,39+/m1/s1. The Kier molecular flexibility index (Phi) is 10.5. The van der Waals surface area contributed by atoms with E-state index >= 15 is 0 Å². The average molecular weight is 661 g/mol. The van der Waals surface area contributed by atoms with Gasteiger partial charge in [-0.25, -0.2) is 4.79 Å². The summed E-state index contributed by atoms with van der Waals surface area (Å²) in [4.78, 5) is 42.3. The first-order chi connectivity index (χ1) is 22.6. The highest BCUT2D eigenvalue weighted by Gasteiger charge is 2.62. The van der Waals surface area contributed by atoms with Crippen molar-refractivity contribution < 1.29 is 24.2 Å². The SMILES string of the molecule is CC(C)C[C@H](NC(=O)[C@]1(c2ccccc2)C[C@@H]1CN1CC[C@@]2(C)c3cc(O)ccc3C[C@@H]1[C@H]2C)C(=O)NCCCNC(=O)OC(C)(C)C. The molecular formula is C39H56N4O5. The number of likely N-dealkylation sites (tertiary alicyclic amines) is 1. The van der Waals surface area contributed by atoms with Gasteiger partial charge in [-0.1, -0.05) is 64.1 Å². The molecule has 9 nitrogen and oxygen atoms in total. The van der Waals surface area contributed by atoms with Gasteiger partial charge < -0.3 is 25.8 Å². The number of hydrogen-bond donors (Lipinski definition) is 4. The number of benzene rings is 2. The van der Waals surface area contributed by atoms with Gasteiger partial charge in [0.2, 0.25) is 11.8 Å². The van der Waals surface area contributed by atoms with Gasteiger partial charge >= 0.3 is 6.09 Å². The zero-order valence-corrected chi connectivity index (χ0v) is 29.9. The third-order valence-corrected chi connectivity index (χ3v) is 11.0. The van der Waals surface area contributed by atoms with E-state index in [0.29, 0.717) is 43.6 Å². The molecule has 2 fully saturated rings. The number of carbonyl (C=O) groups is 3. The molecule has 0 aromatic heterocycles. The van der Waals surface area contributed by atoms with Crippen molar-refractivity contribution in [2.75, 3.05) is 26.2 Å². The number of nitrogens with one attached hydrogen (secondary N) is 3. The van der Waals surface area contributed by atoms with E-state index in [1.54, 1.807) is 6.07 Å². The van der Waals surface area contributed by atoms with Crippen LogP contribution in [0.2, 0.25) is 0 Å². The molecule has 3 aliphatic rings. The zero-order chi connectivity index (χ0) is 34.9. The third-order valence-electron chi connectivity index (χ3n) is 11.0.